The van der Waals surface area contributed by atoms with E-state index in [0.29, 0.717) is 6.54 Å². The van der Waals surface area contributed by atoms with E-state index < -0.39 is 0 Å². The van der Waals surface area contributed by atoms with Crippen LogP contribution in [0.2, 0.25) is 0 Å². The van der Waals surface area contributed by atoms with E-state index in [4.69, 9.17) is 6.42 Å². The normalized spacial score (nSPS) is 14.2. The summed E-state index contributed by atoms with van der Waals surface area (Å²) < 4.78 is 0. The molecule has 0 unspecified atom stereocenters. The third-order valence-corrected chi connectivity index (χ3v) is 3.14. The van der Waals surface area contributed by atoms with Crippen molar-refractivity contribution in [3.8, 4) is 12.3 Å². The Balaban J connectivity index is 1.99. The number of para-hydroxylation sites is 2. The Morgan fingerprint density at radius 3 is 2.79 bits per heavy atom. The third-order valence-electron chi connectivity index (χ3n) is 3.14. The van der Waals surface area contributed by atoms with Gasteiger partial charge in [-0.05, 0) is 25.0 Å². The number of terminal acetylenes is 1. The number of hydrogen-bond acceptors (Lipinski definition) is 3. The van der Waals surface area contributed by atoms with Crippen LogP contribution in [0.4, 0.5) is 11.4 Å². The molecule has 100 valence electrons. The number of rotatable bonds is 5. The zero-order valence-corrected chi connectivity index (χ0v) is 11.0. The van der Waals surface area contributed by atoms with Crippen LogP contribution in [0.15, 0.2) is 24.3 Å². The Bertz CT molecular complexity index is 473. The lowest BCUT2D eigenvalue weighted by molar-refractivity contribution is -0.115. The van der Waals surface area contributed by atoms with E-state index in [1.807, 2.05) is 18.2 Å². The summed E-state index contributed by atoms with van der Waals surface area (Å²) in [6.07, 6.45) is 7.55. The fraction of sp³-hybridized carbons (Fsp3) is 0.400. The van der Waals surface area contributed by atoms with Gasteiger partial charge in [0.1, 0.15) is 0 Å². The van der Waals surface area contributed by atoms with Gasteiger partial charge < -0.3 is 10.2 Å². The maximum absolute atomic E-state index is 11.8. The predicted octanol–water partition coefficient (Wildman–Crippen LogP) is 1.45. The summed E-state index contributed by atoms with van der Waals surface area (Å²) >= 11 is 0. The predicted molar refractivity (Wildman–Crippen MR) is 78.2 cm³/mol. The van der Waals surface area contributed by atoms with Crippen molar-refractivity contribution in [1.29, 1.82) is 0 Å². The van der Waals surface area contributed by atoms with Gasteiger partial charge in [0, 0.05) is 13.1 Å². The van der Waals surface area contributed by atoms with Gasteiger partial charge in [-0.15, -0.1) is 6.42 Å². The lowest BCUT2D eigenvalue weighted by Gasteiger charge is -2.21. The Morgan fingerprint density at radius 1 is 1.32 bits per heavy atom. The maximum Gasteiger partial charge on any atom is 0.238 e. The first-order valence-electron chi connectivity index (χ1n) is 6.59. The minimum absolute atomic E-state index is 0.0677. The zero-order chi connectivity index (χ0) is 13.5. The molecular formula is C15H19N3O. The largest absolute Gasteiger partial charge is 0.370 e. The average molecular weight is 257 g/mol. The van der Waals surface area contributed by atoms with Crippen LogP contribution in [-0.4, -0.2) is 32.1 Å². The highest BCUT2D eigenvalue weighted by molar-refractivity contribution is 5.95. The molecule has 4 nitrogen and oxygen atoms in total. The van der Waals surface area contributed by atoms with Crippen molar-refractivity contribution >= 4 is 17.3 Å². The van der Waals surface area contributed by atoms with Crippen LogP contribution >= 0.6 is 0 Å². The summed E-state index contributed by atoms with van der Waals surface area (Å²) in [6.45, 7) is 2.75. The van der Waals surface area contributed by atoms with Crippen molar-refractivity contribution in [3.05, 3.63) is 24.3 Å². The highest BCUT2D eigenvalue weighted by Gasteiger charge is 2.16. The van der Waals surface area contributed by atoms with Gasteiger partial charge in [-0.2, -0.15) is 0 Å². The van der Waals surface area contributed by atoms with E-state index in [1.165, 1.54) is 12.8 Å². The third kappa shape index (κ3) is 3.73. The molecule has 2 N–H and O–H groups in total. The molecule has 0 atom stereocenters. The highest BCUT2D eigenvalue weighted by atomic mass is 16.1. The Morgan fingerprint density at radius 2 is 2.05 bits per heavy atom. The van der Waals surface area contributed by atoms with E-state index in [-0.39, 0.29) is 12.5 Å². The number of carbonyl (C=O) groups is 1. The summed E-state index contributed by atoms with van der Waals surface area (Å²) in [6, 6.07) is 7.92. The molecule has 1 fully saturated rings. The van der Waals surface area contributed by atoms with Gasteiger partial charge in [0.05, 0.1) is 24.5 Å². The van der Waals surface area contributed by atoms with E-state index in [9.17, 15) is 4.79 Å². The number of carbonyl (C=O) groups excluding carboxylic acids is 1. The Hall–Kier alpha value is -1.99. The molecule has 1 heterocycles. The van der Waals surface area contributed by atoms with Crippen molar-refractivity contribution in [3.63, 3.8) is 0 Å². The van der Waals surface area contributed by atoms with Crippen LogP contribution < -0.4 is 15.5 Å². The second-order valence-corrected chi connectivity index (χ2v) is 4.57. The quantitative estimate of drug-likeness (QED) is 0.620. The van der Waals surface area contributed by atoms with Crippen LogP contribution in [0.5, 0.6) is 0 Å². The lowest BCUT2D eigenvalue weighted by Crippen LogP contribution is -2.29. The Kier molecular flexibility index (Phi) is 4.82. The molecule has 0 spiro atoms. The summed E-state index contributed by atoms with van der Waals surface area (Å²) in [7, 11) is 0. The van der Waals surface area contributed by atoms with Gasteiger partial charge in [-0.3, -0.25) is 10.1 Å². The highest BCUT2D eigenvalue weighted by Crippen LogP contribution is 2.28. The van der Waals surface area contributed by atoms with Crippen molar-refractivity contribution in [1.82, 2.24) is 5.32 Å². The number of anilines is 2. The number of hydrogen-bond donors (Lipinski definition) is 2. The summed E-state index contributed by atoms with van der Waals surface area (Å²) in [5.41, 5.74) is 1.97. The molecule has 19 heavy (non-hydrogen) atoms. The van der Waals surface area contributed by atoms with Gasteiger partial charge >= 0.3 is 0 Å². The smallest absolute Gasteiger partial charge is 0.238 e. The molecule has 1 aliphatic heterocycles. The number of nitrogens with zero attached hydrogens (tertiary/aromatic N) is 1. The second kappa shape index (κ2) is 6.81. The standard InChI is InChI=1S/C15H19N3O/c1-2-9-16-12-15(19)17-13-7-3-4-8-14(13)18-10-5-6-11-18/h1,3-4,7-8,16H,5-6,9-12H2,(H,17,19). The Labute approximate surface area is 114 Å². The first-order chi connectivity index (χ1) is 9.31. The summed E-state index contributed by atoms with van der Waals surface area (Å²) in [4.78, 5) is 14.1. The minimum atomic E-state index is -0.0677. The van der Waals surface area contributed by atoms with E-state index in [1.54, 1.807) is 0 Å². The SMILES string of the molecule is C#CCNCC(=O)Nc1ccccc1N1CCCC1. The molecule has 2 rings (SSSR count). The van der Waals surface area contributed by atoms with E-state index in [2.05, 4.69) is 27.5 Å². The molecule has 1 aromatic carbocycles. The molecule has 0 aliphatic carbocycles. The van der Waals surface area contributed by atoms with Gasteiger partial charge in [-0.1, -0.05) is 18.1 Å². The summed E-state index contributed by atoms with van der Waals surface area (Å²) in [5.74, 6) is 2.38. The fourth-order valence-electron chi connectivity index (χ4n) is 2.26. The molecule has 0 saturated carbocycles. The van der Waals surface area contributed by atoms with Crippen LogP contribution in [0.25, 0.3) is 0 Å². The molecule has 0 bridgehead atoms. The van der Waals surface area contributed by atoms with Gasteiger partial charge in [-0.25, -0.2) is 0 Å². The number of benzene rings is 1. The summed E-state index contributed by atoms with van der Waals surface area (Å²) in [5, 5.41) is 5.82. The first-order valence-corrected chi connectivity index (χ1v) is 6.59. The van der Waals surface area contributed by atoms with Crippen LogP contribution in [0.3, 0.4) is 0 Å². The number of nitrogens with one attached hydrogen (secondary N) is 2. The molecule has 1 aliphatic rings. The molecule has 0 aromatic heterocycles. The van der Waals surface area contributed by atoms with Gasteiger partial charge in [0.2, 0.25) is 5.91 Å². The van der Waals surface area contributed by atoms with Crippen molar-refractivity contribution in [2.75, 3.05) is 36.4 Å². The monoisotopic (exact) mass is 257 g/mol. The van der Waals surface area contributed by atoms with Gasteiger partial charge in [0.15, 0.2) is 0 Å². The van der Waals surface area contributed by atoms with E-state index in [0.717, 1.165) is 24.5 Å². The maximum atomic E-state index is 11.8. The average Bonchev–Trinajstić information content (AvgIpc) is 2.93. The topological polar surface area (TPSA) is 44.4 Å². The minimum Gasteiger partial charge on any atom is -0.370 e. The molecular weight excluding hydrogens is 238 g/mol. The van der Waals surface area contributed by atoms with Crippen molar-refractivity contribution < 1.29 is 4.79 Å². The molecule has 0 radical (unpaired) electrons. The van der Waals surface area contributed by atoms with Crippen LogP contribution in [0, 0.1) is 12.3 Å². The first kappa shape index (κ1) is 13.4. The molecule has 1 amide bonds. The fourth-order valence-corrected chi connectivity index (χ4v) is 2.26. The lowest BCUT2D eigenvalue weighted by atomic mass is 10.2. The molecule has 4 heteroatoms. The second-order valence-electron chi connectivity index (χ2n) is 4.57. The van der Waals surface area contributed by atoms with Gasteiger partial charge in [0.25, 0.3) is 0 Å². The van der Waals surface area contributed by atoms with Crippen LogP contribution in [-0.2, 0) is 4.79 Å². The van der Waals surface area contributed by atoms with E-state index >= 15 is 0 Å². The molecule has 1 saturated heterocycles. The van der Waals surface area contributed by atoms with Crippen molar-refractivity contribution in [2.45, 2.75) is 12.8 Å². The molecule has 1 aromatic rings. The van der Waals surface area contributed by atoms with Crippen molar-refractivity contribution in [2.24, 2.45) is 0 Å². The van der Waals surface area contributed by atoms with Crippen LogP contribution in [0.1, 0.15) is 12.8 Å². The number of amides is 1. The zero-order valence-electron chi connectivity index (χ0n) is 11.0.